The van der Waals surface area contributed by atoms with Gasteiger partial charge in [-0.25, -0.2) is 4.39 Å². The highest BCUT2D eigenvalue weighted by atomic mass is 19.1. The smallest absolute Gasteiger partial charge is 0.257 e. The Labute approximate surface area is 142 Å². The van der Waals surface area contributed by atoms with Crippen molar-refractivity contribution in [2.75, 3.05) is 13.2 Å². The number of hydrogen-bond donors (Lipinski definition) is 1. The van der Waals surface area contributed by atoms with Crippen molar-refractivity contribution in [2.24, 2.45) is 0 Å². The molecule has 24 heavy (non-hydrogen) atoms. The van der Waals surface area contributed by atoms with Gasteiger partial charge in [-0.1, -0.05) is 45.0 Å². The molecule has 0 aromatic heterocycles. The molecule has 0 aliphatic carbocycles. The molecule has 1 amide bonds. The average Bonchev–Trinajstić information content (AvgIpc) is 2.54. The fraction of sp³-hybridized carbons (Fsp3) is 0.350. The zero-order chi connectivity index (χ0) is 17.6. The molecule has 0 radical (unpaired) electrons. The van der Waals surface area contributed by atoms with Crippen LogP contribution in [-0.4, -0.2) is 19.1 Å². The molecular formula is C20H24FNO2. The minimum Gasteiger partial charge on any atom is -0.484 e. The van der Waals surface area contributed by atoms with E-state index in [1.165, 1.54) is 12.1 Å². The van der Waals surface area contributed by atoms with Gasteiger partial charge in [0.2, 0.25) is 0 Å². The minimum atomic E-state index is -0.256. The van der Waals surface area contributed by atoms with Crippen molar-refractivity contribution < 1.29 is 13.9 Å². The van der Waals surface area contributed by atoms with Gasteiger partial charge in [-0.2, -0.15) is 0 Å². The molecule has 0 heterocycles. The maximum Gasteiger partial charge on any atom is 0.257 e. The predicted octanol–water partition coefficient (Wildman–Crippen LogP) is 3.86. The van der Waals surface area contributed by atoms with Crippen LogP contribution in [0.4, 0.5) is 4.39 Å². The van der Waals surface area contributed by atoms with Crippen LogP contribution in [0.25, 0.3) is 0 Å². The van der Waals surface area contributed by atoms with Crippen LogP contribution in [0.15, 0.2) is 48.5 Å². The predicted molar refractivity (Wildman–Crippen MR) is 93.8 cm³/mol. The molecule has 2 rings (SSSR count). The van der Waals surface area contributed by atoms with Crippen molar-refractivity contribution in [2.45, 2.75) is 32.6 Å². The summed E-state index contributed by atoms with van der Waals surface area (Å²) in [4.78, 5) is 11.8. The van der Waals surface area contributed by atoms with Crippen LogP contribution in [-0.2, 0) is 16.6 Å². The van der Waals surface area contributed by atoms with Crippen LogP contribution < -0.4 is 10.1 Å². The van der Waals surface area contributed by atoms with E-state index < -0.39 is 0 Å². The number of rotatable bonds is 6. The third-order valence-electron chi connectivity index (χ3n) is 3.72. The standard InChI is InChI=1S/C20H24FNO2/c1-20(2,3)16-5-4-6-18(13-16)24-14-19(23)22-12-11-15-7-9-17(21)10-8-15/h4-10,13H,11-12,14H2,1-3H3,(H,22,23). The van der Waals surface area contributed by atoms with Gasteiger partial charge in [-0.05, 0) is 47.2 Å². The second-order valence-electron chi connectivity index (χ2n) is 6.79. The molecule has 0 aliphatic heterocycles. The summed E-state index contributed by atoms with van der Waals surface area (Å²) in [5.41, 5.74) is 2.18. The molecule has 0 saturated carbocycles. The number of amides is 1. The fourth-order valence-electron chi connectivity index (χ4n) is 2.25. The van der Waals surface area contributed by atoms with Gasteiger partial charge >= 0.3 is 0 Å². The van der Waals surface area contributed by atoms with Gasteiger partial charge in [0.25, 0.3) is 5.91 Å². The normalized spacial score (nSPS) is 11.2. The first kappa shape index (κ1) is 18.0. The molecule has 128 valence electrons. The fourth-order valence-corrected chi connectivity index (χ4v) is 2.25. The van der Waals surface area contributed by atoms with Crippen LogP contribution in [0, 0.1) is 5.82 Å². The molecule has 0 spiro atoms. The largest absolute Gasteiger partial charge is 0.484 e. The van der Waals surface area contributed by atoms with E-state index in [4.69, 9.17) is 4.74 Å². The first-order valence-corrected chi connectivity index (χ1v) is 8.09. The summed E-state index contributed by atoms with van der Waals surface area (Å²) in [5.74, 6) is 0.267. The summed E-state index contributed by atoms with van der Waals surface area (Å²) in [6, 6.07) is 14.1. The molecule has 4 heteroatoms. The Morgan fingerprint density at radius 1 is 1.12 bits per heavy atom. The highest BCUT2D eigenvalue weighted by Crippen LogP contribution is 2.25. The maximum atomic E-state index is 12.8. The van der Waals surface area contributed by atoms with Gasteiger partial charge in [0.15, 0.2) is 6.61 Å². The second kappa shape index (κ2) is 7.95. The molecule has 0 atom stereocenters. The molecule has 0 bridgehead atoms. The molecule has 3 nitrogen and oxygen atoms in total. The van der Waals surface area contributed by atoms with Gasteiger partial charge in [0.1, 0.15) is 11.6 Å². The summed E-state index contributed by atoms with van der Waals surface area (Å²) in [5, 5.41) is 2.80. The summed E-state index contributed by atoms with van der Waals surface area (Å²) in [6.07, 6.45) is 0.658. The number of hydrogen-bond acceptors (Lipinski definition) is 2. The third kappa shape index (κ3) is 5.69. The molecule has 0 aliphatic rings. The van der Waals surface area contributed by atoms with Gasteiger partial charge in [0.05, 0.1) is 0 Å². The molecular weight excluding hydrogens is 305 g/mol. The Morgan fingerprint density at radius 3 is 2.50 bits per heavy atom. The summed E-state index contributed by atoms with van der Waals surface area (Å²) in [6.45, 7) is 6.88. The lowest BCUT2D eigenvalue weighted by atomic mass is 9.87. The lowest BCUT2D eigenvalue weighted by Crippen LogP contribution is -2.30. The van der Waals surface area contributed by atoms with Crippen molar-refractivity contribution in [3.63, 3.8) is 0 Å². The number of carbonyl (C=O) groups excluding carboxylic acids is 1. The van der Waals surface area contributed by atoms with Crippen molar-refractivity contribution in [1.29, 1.82) is 0 Å². The molecule has 0 fully saturated rings. The zero-order valence-corrected chi connectivity index (χ0v) is 14.4. The first-order valence-electron chi connectivity index (χ1n) is 8.09. The van der Waals surface area contributed by atoms with E-state index in [0.717, 1.165) is 11.1 Å². The average molecular weight is 329 g/mol. The zero-order valence-electron chi connectivity index (χ0n) is 14.4. The monoisotopic (exact) mass is 329 g/mol. The van der Waals surface area contributed by atoms with Crippen molar-refractivity contribution >= 4 is 5.91 Å². The number of ether oxygens (including phenoxy) is 1. The Bertz CT molecular complexity index is 675. The molecule has 0 unspecified atom stereocenters. The van der Waals surface area contributed by atoms with Crippen molar-refractivity contribution in [3.8, 4) is 5.75 Å². The number of carbonyl (C=O) groups is 1. The Kier molecular flexibility index (Phi) is 5.96. The SMILES string of the molecule is CC(C)(C)c1cccc(OCC(=O)NCCc2ccc(F)cc2)c1. The Balaban J connectivity index is 1.76. The molecule has 2 aromatic carbocycles. The van der Waals surface area contributed by atoms with Crippen LogP contribution in [0.1, 0.15) is 31.9 Å². The van der Waals surface area contributed by atoms with E-state index in [1.807, 2.05) is 18.2 Å². The van der Waals surface area contributed by atoms with Crippen LogP contribution in [0.3, 0.4) is 0 Å². The van der Waals surface area contributed by atoms with Gasteiger partial charge < -0.3 is 10.1 Å². The van der Waals surface area contributed by atoms with E-state index in [9.17, 15) is 9.18 Å². The Hall–Kier alpha value is -2.36. The summed E-state index contributed by atoms with van der Waals surface area (Å²) < 4.78 is 18.4. The van der Waals surface area contributed by atoms with Crippen LogP contribution >= 0.6 is 0 Å². The lowest BCUT2D eigenvalue weighted by Gasteiger charge is -2.19. The number of benzene rings is 2. The van der Waals surface area contributed by atoms with Crippen molar-refractivity contribution in [3.05, 3.63) is 65.5 Å². The summed E-state index contributed by atoms with van der Waals surface area (Å²) >= 11 is 0. The van der Waals surface area contributed by atoms with Crippen molar-refractivity contribution in [1.82, 2.24) is 5.32 Å². The Morgan fingerprint density at radius 2 is 1.83 bits per heavy atom. The number of nitrogens with one attached hydrogen (secondary N) is 1. The van der Waals surface area contributed by atoms with Gasteiger partial charge in [0, 0.05) is 6.54 Å². The van der Waals surface area contributed by atoms with Gasteiger partial charge in [-0.3, -0.25) is 4.79 Å². The van der Waals surface area contributed by atoms with Gasteiger partial charge in [-0.15, -0.1) is 0 Å². The van der Waals surface area contributed by atoms with E-state index in [2.05, 4.69) is 32.2 Å². The first-order chi connectivity index (χ1) is 11.3. The maximum absolute atomic E-state index is 12.8. The van der Waals surface area contributed by atoms with E-state index in [-0.39, 0.29) is 23.7 Å². The van der Waals surface area contributed by atoms with E-state index in [1.54, 1.807) is 12.1 Å². The lowest BCUT2D eigenvalue weighted by molar-refractivity contribution is -0.123. The molecule has 0 saturated heterocycles. The number of halogens is 1. The summed E-state index contributed by atoms with van der Waals surface area (Å²) in [7, 11) is 0. The van der Waals surface area contributed by atoms with Crippen LogP contribution in [0.5, 0.6) is 5.75 Å². The highest BCUT2D eigenvalue weighted by Gasteiger charge is 2.14. The minimum absolute atomic E-state index is 0.0169. The van der Waals surface area contributed by atoms with E-state index in [0.29, 0.717) is 18.7 Å². The third-order valence-corrected chi connectivity index (χ3v) is 3.72. The second-order valence-corrected chi connectivity index (χ2v) is 6.79. The topological polar surface area (TPSA) is 38.3 Å². The molecule has 2 aromatic rings. The molecule has 1 N–H and O–H groups in total. The highest BCUT2D eigenvalue weighted by molar-refractivity contribution is 5.77. The van der Waals surface area contributed by atoms with Crippen LogP contribution in [0.2, 0.25) is 0 Å². The van der Waals surface area contributed by atoms with E-state index >= 15 is 0 Å². The quantitative estimate of drug-likeness (QED) is 0.874.